The molecule has 1 amide bonds. The third-order valence-corrected chi connectivity index (χ3v) is 5.78. The number of benzene rings is 1. The summed E-state index contributed by atoms with van der Waals surface area (Å²) < 4.78 is 5.18. The number of aliphatic hydroxyl groups excluding tert-OH is 2. The van der Waals surface area contributed by atoms with Crippen LogP contribution in [0.25, 0.3) is 0 Å². The van der Waals surface area contributed by atoms with Gasteiger partial charge in [-0.3, -0.25) is 0 Å². The Morgan fingerprint density at radius 3 is 2.11 bits per heavy atom. The molecular formula is C23H37NO4. The van der Waals surface area contributed by atoms with Gasteiger partial charge in [0.15, 0.2) is 0 Å². The Kier molecular flexibility index (Phi) is 6.22. The van der Waals surface area contributed by atoms with Gasteiger partial charge in [0, 0.05) is 6.54 Å². The fourth-order valence-electron chi connectivity index (χ4n) is 3.88. The molecule has 0 saturated carbocycles. The quantitative estimate of drug-likeness (QED) is 0.716. The molecule has 0 spiro atoms. The van der Waals surface area contributed by atoms with Gasteiger partial charge in [0.2, 0.25) is 0 Å². The standard InChI is InChI=1S/C23H37NO4/c1-14-11-16-17(23(7,8)10-9-22(16,5)6)12-15(14)19(26)18(25)13-24-20(27)28-21(2,3)4/h11-12,18-19,25-26H,9-10,13H2,1-8H3,(H,24,27). The highest BCUT2D eigenvalue weighted by molar-refractivity contribution is 5.67. The normalized spacial score (nSPS) is 20.1. The summed E-state index contributed by atoms with van der Waals surface area (Å²) in [4.78, 5) is 11.8. The molecule has 0 aromatic heterocycles. The lowest BCUT2D eigenvalue weighted by molar-refractivity contribution is 0.0125. The SMILES string of the molecule is Cc1cc2c(cc1C(O)C(O)CNC(=O)OC(C)(C)C)C(C)(C)CCC2(C)C. The first-order valence-electron chi connectivity index (χ1n) is 10.1. The van der Waals surface area contributed by atoms with E-state index >= 15 is 0 Å². The van der Waals surface area contributed by atoms with Crippen molar-refractivity contribution in [3.05, 3.63) is 34.4 Å². The molecular weight excluding hydrogens is 354 g/mol. The number of aliphatic hydroxyl groups is 2. The highest BCUT2D eigenvalue weighted by atomic mass is 16.6. The second kappa shape index (κ2) is 7.68. The second-order valence-electron chi connectivity index (χ2n) is 10.4. The fourth-order valence-corrected chi connectivity index (χ4v) is 3.88. The van der Waals surface area contributed by atoms with E-state index in [9.17, 15) is 15.0 Å². The van der Waals surface area contributed by atoms with Crippen LogP contribution in [0.5, 0.6) is 0 Å². The zero-order valence-electron chi connectivity index (χ0n) is 18.6. The van der Waals surface area contributed by atoms with Gasteiger partial charge < -0.3 is 20.3 Å². The smallest absolute Gasteiger partial charge is 0.407 e. The Bertz CT molecular complexity index is 731. The topological polar surface area (TPSA) is 78.8 Å². The van der Waals surface area contributed by atoms with E-state index in [1.807, 2.05) is 13.0 Å². The molecule has 1 aromatic rings. The maximum atomic E-state index is 11.8. The van der Waals surface area contributed by atoms with Crippen molar-refractivity contribution >= 4 is 6.09 Å². The molecule has 0 bridgehead atoms. The van der Waals surface area contributed by atoms with E-state index in [2.05, 4.69) is 39.1 Å². The molecule has 1 aliphatic rings. The number of hydrogen-bond acceptors (Lipinski definition) is 4. The molecule has 0 radical (unpaired) electrons. The third-order valence-electron chi connectivity index (χ3n) is 5.78. The Morgan fingerprint density at radius 1 is 1.11 bits per heavy atom. The zero-order chi connectivity index (χ0) is 21.5. The predicted molar refractivity (Wildman–Crippen MR) is 112 cm³/mol. The minimum atomic E-state index is -1.12. The summed E-state index contributed by atoms with van der Waals surface area (Å²) in [6, 6.07) is 4.20. The lowest BCUT2D eigenvalue weighted by atomic mass is 9.62. The summed E-state index contributed by atoms with van der Waals surface area (Å²) >= 11 is 0. The van der Waals surface area contributed by atoms with Crippen LogP contribution in [0.3, 0.4) is 0 Å². The van der Waals surface area contributed by atoms with E-state index in [1.165, 1.54) is 11.1 Å². The van der Waals surface area contributed by atoms with Crippen LogP contribution in [0.2, 0.25) is 0 Å². The minimum Gasteiger partial charge on any atom is -0.444 e. The molecule has 5 heteroatoms. The second-order valence-corrected chi connectivity index (χ2v) is 10.4. The Labute approximate surface area is 169 Å². The van der Waals surface area contributed by atoms with Crippen molar-refractivity contribution in [3.8, 4) is 0 Å². The average Bonchev–Trinajstić information content (AvgIpc) is 2.54. The summed E-state index contributed by atoms with van der Waals surface area (Å²) in [6.45, 7) is 16.2. The van der Waals surface area contributed by atoms with Crippen molar-refractivity contribution in [2.45, 2.75) is 96.9 Å². The number of carbonyl (C=O) groups is 1. The molecule has 3 N–H and O–H groups in total. The van der Waals surface area contributed by atoms with Gasteiger partial charge in [-0.25, -0.2) is 4.79 Å². The summed E-state index contributed by atoms with van der Waals surface area (Å²) in [5, 5.41) is 23.8. The molecule has 2 rings (SSSR count). The molecule has 158 valence electrons. The number of amides is 1. The van der Waals surface area contributed by atoms with Gasteiger partial charge >= 0.3 is 6.09 Å². The molecule has 0 fully saturated rings. The van der Waals surface area contributed by atoms with Gasteiger partial charge in [-0.2, -0.15) is 0 Å². The van der Waals surface area contributed by atoms with E-state index in [4.69, 9.17) is 4.74 Å². The van der Waals surface area contributed by atoms with Crippen LogP contribution >= 0.6 is 0 Å². The van der Waals surface area contributed by atoms with Crippen molar-refractivity contribution in [1.29, 1.82) is 0 Å². The van der Waals surface area contributed by atoms with Crippen molar-refractivity contribution in [2.75, 3.05) is 6.54 Å². The van der Waals surface area contributed by atoms with Crippen LogP contribution in [0.15, 0.2) is 12.1 Å². The predicted octanol–water partition coefficient (Wildman–Crippen LogP) is 4.26. The third kappa shape index (κ3) is 5.06. The number of nitrogens with one attached hydrogen (secondary N) is 1. The van der Waals surface area contributed by atoms with E-state index in [1.54, 1.807) is 20.8 Å². The molecule has 2 unspecified atom stereocenters. The lowest BCUT2D eigenvalue weighted by Crippen LogP contribution is -2.39. The van der Waals surface area contributed by atoms with Crippen LogP contribution in [0, 0.1) is 6.92 Å². The number of fused-ring (bicyclic) bond motifs is 1. The van der Waals surface area contributed by atoms with Gasteiger partial charge in [-0.15, -0.1) is 0 Å². The van der Waals surface area contributed by atoms with Crippen LogP contribution in [-0.4, -0.2) is 34.6 Å². The summed E-state index contributed by atoms with van der Waals surface area (Å²) in [5.74, 6) is 0. The van der Waals surface area contributed by atoms with E-state index in [0.29, 0.717) is 5.56 Å². The molecule has 1 aliphatic carbocycles. The lowest BCUT2D eigenvalue weighted by Gasteiger charge is -2.42. The molecule has 0 aliphatic heterocycles. The number of ether oxygens (including phenoxy) is 1. The van der Waals surface area contributed by atoms with Crippen molar-refractivity contribution in [3.63, 3.8) is 0 Å². The number of carbonyl (C=O) groups excluding carboxylic acids is 1. The Balaban J connectivity index is 2.22. The summed E-state index contributed by atoms with van der Waals surface area (Å²) in [7, 11) is 0. The van der Waals surface area contributed by atoms with Gasteiger partial charge in [0.1, 0.15) is 17.8 Å². The van der Waals surface area contributed by atoms with Crippen LogP contribution < -0.4 is 5.32 Å². The molecule has 28 heavy (non-hydrogen) atoms. The first kappa shape index (κ1) is 22.7. The van der Waals surface area contributed by atoms with Gasteiger partial charge in [0.05, 0.1) is 0 Å². The maximum Gasteiger partial charge on any atom is 0.407 e. The van der Waals surface area contributed by atoms with Crippen LogP contribution in [0.1, 0.15) is 89.7 Å². The summed E-state index contributed by atoms with van der Waals surface area (Å²) in [5.41, 5.74) is 3.72. The number of hydrogen-bond donors (Lipinski definition) is 3. The fraction of sp³-hybridized carbons (Fsp3) is 0.696. The first-order chi connectivity index (χ1) is 12.6. The Morgan fingerprint density at radius 2 is 1.61 bits per heavy atom. The monoisotopic (exact) mass is 391 g/mol. The van der Waals surface area contributed by atoms with Crippen molar-refractivity contribution in [2.24, 2.45) is 0 Å². The number of aryl methyl sites for hydroxylation is 1. The first-order valence-corrected chi connectivity index (χ1v) is 10.1. The van der Waals surface area contributed by atoms with Gasteiger partial charge in [-0.05, 0) is 73.6 Å². The molecule has 0 heterocycles. The van der Waals surface area contributed by atoms with Gasteiger partial charge in [0.25, 0.3) is 0 Å². The van der Waals surface area contributed by atoms with E-state index in [0.717, 1.165) is 18.4 Å². The van der Waals surface area contributed by atoms with Crippen LogP contribution in [-0.2, 0) is 15.6 Å². The van der Waals surface area contributed by atoms with E-state index < -0.39 is 23.9 Å². The van der Waals surface area contributed by atoms with Gasteiger partial charge in [-0.1, -0.05) is 39.8 Å². The molecule has 1 aromatic carbocycles. The number of rotatable bonds is 4. The Hall–Kier alpha value is -1.59. The zero-order valence-corrected chi connectivity index (χ0v) is 18.6. The highest BCUT2D eigenvalue weighted by Crippen LogP contribution is 2.47. The number of alkyl carbamates (subject to hydrolysis) is 1. The largest absolute Gasteiger partial charge is 0.444 e. The molecule has 5 nitrogen and oxygen atoms in total. The highest BCUT2D eigenvalue weighted by Gasteiger charge is 2.38. The van der Waals surface area contributed by atoms with Crippen molar-refractivity contribution in [1.82, 2.24) is 5.32 Å². The minimum absolute atomic E-state index is 0.0206. The van der Waals surface area contributed by atoms with Crippen molar-refractivity contribution < 1.29 is 19.7 Å². The maximum absolute atomic E-state index is 11.8. The average molecular weight is 392 g/mol. The van der Waals surface area contributed by atoms with E-state index in [-0.39, 0.29) is 17.4 Å². The summed E-state index contributed by atoms with van der Waals surface area (Å²) in [6.07, 6.45) is -0.612. The molecule has 0 saturated heterocycles. The molecule has 2 atom stereocenters. The van der Waals surface area contributed by atoms with Crippen LogP contribution in [0.4, 0.5) is 4.79 Å².